The van der Waals surface area contributed by atoms with Gasteiger partial charge in [-0.05, 0) is 77.4 Å². The zero-order valence-corrected chi connectivity index (χ0v) is 19.6. The molecular weight excluding hydrogens is 442 g/mol. The van der Waals surface area contributed by atoms with Gasteiger partial charge in [-0.2, -0.15) is 0 Å². The number of carboxylic acid groups (broad SMARTS) is 2. The van der Waals surface area contributed by atoms with Gasteiger partial charge in [-0.3, -0.25) is 9.59 Å². The van der Waals surface area contributed by atoms with E-state index in [4.69, 9.17) is 5.11 Å². The van der Waals surface area contributed by atoms with Gasteiger partial charge in [0.15, 0.2) is 0 Å². The summed E-state index contributed by atoms with van der Waals surface area (Å²) in [5.41, 5.74) is 2.36. The molecule has 2 N–H and O–H groups in total. The molecule has 5 rings (SSSR count). The van der Waals surface area contributed by atoms with Crippen LogP contribution in [0.5, 0.6) is 0 Å². The Morgan fingerprint density at radius 2 is 1.46 bits per heavy atom. The molecule has 0 unspecified atom stereocenters. The van der Waals surface area contributed by atoms with E-state index in [1.54, 1.807) is 17.0 Å². The minimum atomic E-state index is -0.945. The normalized spacial score (nSPS) is 16.8. The van der Waals surface area contributed by atoms with E-state index in [1.807, 2.05) is 36.4 Å². The van der Waals surface area contributed by atoms with Crippen LogP contribution < -0.4 is 0 Å². The van der Waals surface area contributed by atoms with E-state index < -0.39 is 17.4 Å². The average Bonchev–Trinajstić information content (AvgIpc) is 3.60. The summed E-state index contributed by atoms with van der Waals surface area (Å²) < 4.78 is 0. The summed E-state index contributed by atoms with van der Waals surface area (Å²) in [6.45, 7) is 0.694. The SMILES string of the molecule is O=C(O)c1ccc(-c2ccc3cc(CN(CC4(C(=O)O)CCCC4)C(=O)C4CC4)ccc3c2)cc1. The number of fused-ring (bicyclic) bond motifs is 1. The van der Waals surface area contributed by atoms with Crippen LogP contribution in [0.2, 0.25) is 0 Å². The van der Waals surface area contributed by atoms with Crippen molar-refractivity contribution >= 4 is 28.6 Å². The van der Waals surface area contributed by atoms with Crippen LogP contribution >= 0.6 is 0 Å². The Labute approximate surface area is 204 Å². The van der Waals surface area contributed by atoms with Crippen LogP contribution in [-0.4, -0.2) is 39.5 Å². The number of carboxylic acids is 2. The molecule has 0 aromatic heterocycles. The molecule has 1 amide bonds. The van der Waals surface area contributed by atoms with Crippen molar-refractivity contribution in [1.82, 2.24) is 4.90 Å². The highest BCUT2D eigenvalue weighted by atomic mass is 16.4. The number of nitrogens with zero attached hydrogens (tertiary/aromatic N) is 1. The van der Waals surface area contributed by atoms with E-state index in [0.717, 1.165) is 53.1 Å². The lowest BCUT2D eigenvalue weighted by atomic mass is 9.85. The highest BCUT2D eigenvalue weighted by Crippen LogP contribution is 2.41. The molecule has 2 aliphatic carbocycles. The molecule has 0 saturated heterocycles. The molecule has 2 aliphatic rings. The van der Waals surface area contributed by atoms with Crippen LogP contribution in [0.1, 0.15) is 54.4 Å². The van der Waals surface area contributed by atoms with Gasteiger partial charge in [0.25, 0.3) is 0 Å². The maximum atomic E-state index is 13.1. The molecule has 6 heteroatoms. The van der Waals surface area contributed by atoms with Gasteiger partial charge >= 0.3 is 11.9 Å². The first kappa shape index (κ1) is 23.1. The third kappa shape index (κ3) is 4.78. The van der Waals surface area contributed by atoms with Crippen molar-refractivity contribution in [2.75, 3.05) is 6.54 Å². The summed E-state index contributed by atoms with van der Waals surface area (Å²) in [5, 5.41) is 21.2. The predicted octanol–water partition coefficient (Wildman–Crippen LogP) is 5.59. The fourth-order valence-corrected chi connectivity index (χ4v) is 5.26. The van der Waals surface area contributed by atoms with E-state index in [1.165, 1.54) is 0 Å². The number of rotatable bonds is 8. The smallest absolute Gasteiger partial charge is 0.335 e. The third-order valence-corrected chi connectivity index (χ3v) is 7.49. The molecule has 35 heavy (non-hydrogen) atoms. The van der Waals surface area contributed by atoms with Crippen molar-refractivity contribution in [3.8, 4) is 11.1 Å². The summed E-state index contributed by atoms with van der Waals surface area (Å²) in [4.78, 5) is 38.1. The molecule has 0 aliphatic heterocycles. The van der Waals surface area contributed by atoms with Gasteiger partial charge in [0, 0.05) is 19.0 Å². The van der Waals surface area contributed by atoms with Crippen molar-refractivity contribution in [2.24, 2.45) is 11.3 Å². The largest absolute Gasteiger partial charge is 0.481 e. The van der Waals surface area contributed by atoms with Crippen LogP contribution in [0.25, 0.3) is 21.9 Å². The number of hydrogen-bond acceptors (Lipinski definition) is 3. The number of benzene rings is 3. The molecule has 3 aromatic carbocycles. The van der Waals surface area contributed by atoms with Crippen molar-refractivity contribution < 1.29 is 24.6 Å². The first-order chi connectivity index (χ1) is 16.8. The predicted molar refractivity (Wildman–Crippen MR) is 133 cm³/mol. The number of amides is 1. The Hall–Kier alpha value is -3.67. The van der Waals surface area contributed by atoms with E-state index in [0.29, 0.717) is 19.4 Å². The maximum Gasteiger partial charge on any atom is 0.335 e. The summed E-state index contributed by atoms with van der Waals surface area (Å²) in [6.07, 6.45) is 4.84. The molecule has 3 aromatic rings. The van der Waals surface area contributed by atoms with Crippen LogP contribution in [0.15, 0.2) is 60.7 Å². The first-order valence-corrected chi connectivity index (χ1v) is 12.2. The molecule has 2 fully saturated rings. The van der Waals surface area contributed by atoms with Gasteiger partial charge in [0.2, 0.25) is 5.91 Å². The third-order valence-electron chi connectivity index (χ3n) is 7.49. The number of carbonyl (C=O) groups is 3. The molecule has 180 valence electrons. The van der Waals surface area contributed by atoms with Gasteiger partial charge in [-0.25, -0.2) is 4.79 Å². The lowest BCUT2D eigenvalue weighted by Crippen LogP contribution is -2.44. The van der Waals surface area contributed by atoms with E-state index >= 15 is 0 Å². The molecule has 0 spiro atoms. The molecule has 6 nitrogen and oxygen atoms in total. The quantitative estimate of drug-likeness (QED) is 0.447. The second-order valence-electron chi connectivity index (χ2n) is 10.0. The Bertz CT molecular complexity index is 1290. The van der Waals surface area contributed by atoms with E-state index in [-0.39, 0.29) is 23.9 Å². The second kappa shape index (κ2) is 9.17. The lowest BCUT2D eigenvalue weighted by molar-refractivity contribution is -0.152. The molecule has 2 saturated carbocycles. The van der Waals surface area contributed by atoms with Crippen molar-refractivity contribution in [1.29, 1.82) is 0 Å². The Kier molecular flexibility index (Phi) is 6.05. The van der Waals surface area contributed by atoms with Crippen molar-refractivity contribution in [2.45, 2.75) is 45.1 Å². The summed E-state index contributed by atoms with van der Waals surface area (Å²) in [7, 11) is 0. The van der Waals surface area contributed by atoms with E-state index in [2.05, 4.69) is 12.1 Å². The standard InChI is InChI=1S/C29H29NO5/c31-26(21-7-8-21)30(18-29(28(34)35)13-1-2-14-29)17-19-3-4-25-16-24(12-11-23(25)15-19)20-5-9-22(10-6-20)27(32)33/h3-6,9-12,15-16,21H,1-2,7-8,13-14,17-18H2,(H,32,33)(H,34,35). The highest BCUT2D eigenvalue weighted by molar-refractivity contribution is 5.90. The number of aromatic carboxylic acids is 1. The van der Waals surface area contributed by atoms with Gasteiger partial charge in [0.1, 0.15) is 0 Å². The monoisotopic (exact) mass is 471 g/mol. The van der Waals surface area contributed by atoms with Crippen LogP contribution in [0.4, 0.5) is 0 Å². The minimum Gasteiger partial charge on any atom is -0.481 e. The Morgan fingerprint density at radius 1 is 0.829 bits per heavy atom. The van der Waals surface area contributed by atoms with Crippen LogP contribution in [-0.2, 0) is 16.1 Å². The molecule has 0 atom stereocenters. The second-order valence-corrected chi connectivity index (χ2v) is 10.0. The van der Waals surface area contributed by atoms with Gasteiger partial charge in [-0.15, -0.1) is 0 Å². The zero-order chi connectivity index (χ0) is 24.6. The van der Waals surface area contributed by atoms with E-state index in [9.17, 15) is 19.5 Å². The molecule has 0 heterocycles. The molecule has 0 radical (unpaired) electrons. The fraction of sp³-hybridized carbons (Fsp3) is 0.345. The molecule has 0 bridgehead atoms. The first-order valence-electron chi connectivity index (χ1n) is 12.2. The topological polar surface area (TPSA) is 94.9 Å². The Balaban J connectivity index is 1.39. The fourth-order valence-electron chi connectivity index (χ4n) is 5.26. The lowest BCUT2D eigenvalue weighted by Gasteiger charge is -2.32. The highest BCUT2D eigenvalue weighted by Gasteiger charge is 2.45. The van der Waals surface area contributed by atoms with Crippen LogP contribution in [0, 0.1) is 11.3 Å². The van der Waals surface area contributed by atoms with Crippen molar-refractivity contribution in [3.63, 3.8) is 0 Å². The summed E-state index contributed by atoms with van der Waals surface area (Å²) in [5.74, 6) is -1.61. The van der Waals surface area contributed by atoms with Crippen molar-refractivity contribution in [3.05, 3.63) is 71.8 Å². The molecular formula is C29H29NO5. The van der Waals surface area contributed by atoms with Gasteiger partial charge in [0.05, 0.1) is 11.0 Å². The zero-order valence-electron chi connectivity index (χ0n) is 19.6. The summed E-state index contributed by atoms with van der Waals surface area (Å²) in [6, 6.07) is 19.0. The maximum absolute atomic E-state index is 13.1. The minimum absolute atomic E-state index is 0.0396. The summed E-state index contributed by atoms with van der Waals surface area (Å²) >= 11 is 0. The number of carbonyl (C=O) groups excluding carboxylic acids is 1. The number of aliphatic carboxylic acids is 1. The van der Waals surface area contributed by atoms with Gasteiger partial charge in [-0.1, -0.05) is 49.2 Å². The van der Waals surface area contributed by atoms with Gasteiger partial charge < -0.3 is 15.1 Å². The Morgan fingerprint density at radius 3 is 2.09 bits per heavy atom. The number of hydrogen-bond donors (Lipinski definition) is 2. The average molecular weight is 472 g/mol. The van der Waals surface area contributed by atoms with Crippen LogP contribution in [0.3, 0.4) is 0 Å².